The summed E-state index contributed by atoms with van der Waals surface area (Å²) in [6, 6.07) is 0. The summed E-state index contributed by atoms with van der Waals surface area (Å²) in [5.41, 5.74) is 0. The molecule has 16 heavy (non-hydrogen) atoms. The van der Waals surface area contributed by atoms with Crippen LogP contribution in [0.2, 0.25) is 0 Å². The molecule has 0 rings (SSSR count). The van der Waals surface area contributed by atoms with E-state index < -0.39 is 6.29 Å². The summed E-state index contributed by atoms with van der Waals surface area (Å²) >= 11 is 0. The number of rotatable bonds is 8. The monoisotopic (exact) mass is 236 g/mol. The second-order valence-corrected chi connectivity index (χ2v) is 3.60. The maximum atomic E-state index is 8.77. The standard InChI is InChI=1S/2C6H14O2/c1-3-4-8-6(2)5-7;1-3-5-8-6(7)4-2/h2*6-7H,3-5H2,1-2H3. The fourth-order valence-corrected chi connectivity index (χ4v) is 0.743. The van der Waals surface area contributed by atoms with Crippen LogP contribution in [0.1, 0.15) is 47.0 Å². The van der Waals surface area contributed by atoms with Crippen LogP contribution in [0.3, 0.4) is 0 Å². The van der Waals surface area contributed by atoms with E-state index in [1.54, 1.807) is 0 Å². The topological polar surface area (TPSA) is 58.9 Å². The minimum absolute atomic E-state index is 0.00921. The quantitative estimate of drug-likeness (QED) is 0.632. The Morgan fingerprint density at radius 1 is 1.00 bits per heavy atom. The third-order valence-corrected chi connectivity index (χ3v) is 1.73. The number of hydrogen-bond donors (Lipinski definition) is 2. The maximum absolute atomic E-state index is 8.77. The van der Waals surface area contributed by atoms with Crippen molar-refractivity contribution in [2.24, 2.45) is 0 Å². The number of aliphatic hydroxyl groups is 2. The van der Waals surface area contributed by atoms with Crippen LogP contribution in [-0.4, -0.2) is 42.4 Å². The molecule has 0 fully saturated rings. The molecule has 0 aliphatic carbocycles. The fourth-order valence-electron chi connectivity index (χ4n) is 0.743. The molecule has 0 saturated carbocycles. The van der Waals surface area contributed by atoms with Crippen LogP contribution in [0.4, 0.5) is 0 Å². The van der Waals surface area contributed by atoms with Gasteiger partial charge in [-0.2, -0.15) is 0 Å². The van der Waals surface area contributed by atoms with Gasteiger partial charge in [0, 0.05) is 13.2 Å². The molecule has 0 heterocycles. The summed E-state index contributed by atoms with van der Waals surface area (Å²) in [4.78, 5) is 0. The van der Waals surface area contributed by atoms with Gasteiger partial charge in [0.2, 0.25) is 0 Å². The van der Waals surface area contributed by atoms with Gasteiger partial charge in [-0.25, -0.2) is 0 Å². The molecule has 0 aromatic heterocycles. The summed E-state index contributed by atoms with van der Waals surface area (Å²) in [7, 11) is 0. The molecule has 0 amide bonds. The molecule has 0 aliphatic rings. The van der Waals surface area contributed by atoms with E-state index >= 15 is 0 Å². The van der Waals surface area contributed by atoms with Crippen molar-refractivity contribution in [1.29, 1.82) is 0 Å². The third kappa shape index (κ3) is 16.3. The smallest absolute Gasteiger partial charge is 0.154 e. The zero-order valence-corrected chi connectivity index (χ0v) is 11.1. The van der Waals surface area contributed by atoms with Crippen LogP contribution >= 0.6 is 0 Å². The minimum Gasteiger partial charge on any atom is -0.394 e. The van der Waals surface area contributed by atoms with Crippen LogP contribution in [0.5, 0.6) is 0 Å². The molecule has 4 nitrogen and oxygen atoms in total. The largest absolute Gasteiger partial charge is 0.394 e. The molecule has 100 valence electrons. The molecule has 2 atom stereocenters. The Balaban J connectivity index is 0. The van der Waals surface area contributed by atoms with E-state index in [0.717, 1.165) is 19.4 Å². The highest BCUT2D eigenvalue weighted by molar-refractivity contribution is 4.42. The van der Waals surface area contributed by atoms with Crippen molar-refractivity contribution < 1.29 is 19.7 Å². The third-order valence-electron chi connectivity index (χ3n) is 1.73. The Morgan fingerprint density at radius 3 is 1.88 bits per heavy atom. The average Bonchev–Trinajstić information content (AvgIpc) is 2.33. The summed E-state index contributed by atoms with van der Waals surface area (Å²) in [6.07, 6.45) is 2.13. The lowest BCUT2D eigenvalue weighted by Gasteiger charge is -2.06. The summed E-state index contributed by atoms with van der Waals surface area (Å²) in [5.74, 6) is 0. The Kier molecular flexibility index (Phi) is 16.9. The zero-order valence-electron chi connectivity index (χ0n) is 11.1. The first-order chi connectivity index (χ1) is 7.62. The molecular formula is C12H28O4. The van der Waals surface area contributed by atoms with E-state index in [2.05, 4.69) is 0 Å². The van der Waals surface area contributed by atoms with Crippen LogP contribution in [-0.2, 0) is 9.47 Å². The summed E-state index contributed by atoms with van der Waals surface area (Å²) in [5, 5.41) is 17.2. The molecule has 0 spiro atoms. The number of aliphatic hydroxyl groups excluding tert-OH is 2. The molecule has 0 aliphatic heterocycles. The van der Waals surface area contributed by atoms with Crippen LogP contribution in [0, 0.1) is 0 Å². The normalized spacial score (nSPS) is 13.9. The molecule has 0 aromatic carbocycles. The molecule has 4 heteroatoms. The number of hydrogen-bond acceptors (Lipinski definition) is 4. The Labute approximate surface area is 99.6 Å². The predicted molar refractivity (Wildman–Crippen MR) is 65.3 cm³/mol. The molecule has 0 radical (unpaired) electrons. The Hall–Kier alpha value is -0.160. The first-order valence-corrected chi connectivity index (χ1v) is 6.14. The van der Waals surface area contributed by atoms with Gasteiger partial charge in [-0.3, -0.25) is 0 Å². The lowest BCUT2D eigenvalue weighted by molar-refractivity contribution is -0.0996. The second-order valence-electron chi connectivity index (χ2n) is 3.60. The van der Waals surface area contributed by atoms with E-state index in [-0.39, 0.29) is 12.7 Å². The van der Waals surface area contributed by atoms with Crippen molar-refractivity contribution in [3.05, 3.63) is 0 Å². The van der Waals surface area contributed by atoms with Gasteiger partial charge in [0.25, 0.3) is 0 Å². The van der Waals surface area contributed by atoms with Gasteiger partial charge >= 0.3 is 0 Å². The van der Waals surface area contributed by atoms with E-state index in [0.29, 0.717) is 13.0 Å². The lowest BCUT2D eigenvalue weighted by atomic mass is 10.4. The van der Waals surface area contributed by atoms with Crippen molar-refractivity contribution in [3.8, 4) is 0 Å². The average molecular weight is 236 g/mol. The number of ether oxygens (including phenoxy) is 2. The molecule has 0 saturated heterocycles. The molecule has 0 aromatic rings. The van der Waals surface area contributed by atoms with E-state index in [1.165, 1.54) is 0 Å². The Morgan fingerprint density at radius 2 is 1.50 bits per heavy atom. The van der Waals surface area contributed by atoms with Gasteiger partial charge in [0.15, 0.2) is 6.29 Å². The van der Waals surface area contributed by atoms with Gasteiger partial charge in [-0.1, -0.05) is 20.8 Å². The van der Waals surface area contributed by atoms with Crippen LogP contribution < -0.4 is 0 Å². The van der Waals surface area contributed by atoms with Gasteiger partial charge in [-0.05, 0) is 26.2 Å². The van der Waals surface area contributed by atoms with Gasteiger partial charge < -0.3 is 19.7 Å². The second kappa shape index (κ2) is 14.8. The minimum atomic E-state index is -0.546. The van der Waals surface area contributed by atoms with Crippen molar-refractivity contribution in [2.45, 2.75) is 59.4 Å². The summed E-state index contributed by atoms with van der Waals surface area (Å²) < 4.78 is 9.99. The van der Waals surface area contributed by atoms with Crippen molar-refractivity contribution >= 4 is 0 Å². The summed E-state index contributed by atoms with van der Waals surface area (Å²) in [6.45, 7) is 9.35. The Bertz CT molecular complexity index is 106. The molecule has 2 unspecified atom stereocenters. The van der Waals surface area contributed by atoms with Crippen LogP contribution in [0.15, 0.2) is 0 Å². The van der Waals surface area contributed by atoms with E-state index in [9.17, 15) is 0 Å². The van der Waals surface area contributed by atoms with Gasteiger partial charge in [-0.15, -0.1) is 0 Å². The van der Waals surface area contributed by atoms with Gasteiger partial charge in [0.05, 0.1) is 12.7 Å². The maximum Gasteiger partial charge on any atom is 0.154 e. The zero-order chi connectivity index (χ0) is 12.8. The first kappa shape index (κ1) is 18.2. The molecule has 2 N–H and O–H groups in total. The van der Waals surface area contributed by atoms with Gasteiger partial charge in [0.1, 0.15) is 0 Å². The molecular weight excluding hydrogens is 208 g/mol. The first-order valence-electron chi connectivity index (χ1n) is 6.14. The lowest BCUT2D eigenvalue weighted by Crippen LogP contribution is -2.12. The van der Waals surface area contributed by atoms with Crippen molar-refractivity contribution in [2.75, 3.05) is 19.8 Å². The predicted octanol–water partition coefficient (Wildman–Crippen LogP) is 1.94. The highest BCUT2D eigenvalue weighted by atomic mass is 16.6. The highest BCUT2D eigenvalue weighted by Gasteiger charge is 1.96. The SMILES string of the molecule is CCCOC(C)CO.CCCOC(O)CC. The van der Waals surface area contributed by atoms with E-state index in [4.69, 9.17) is 19.7 Å². The van der Waals surface area contributed by atoms with Crippen molar-refractivity contribution in [3.63, 3.8) is 0 Å². The molecule has 0 bridgehead atoms. The fraction of sp³-hybridized carbons (Fsp3) is 1.00. The van der Waals surface area contributed by atoms with Crippen LogP contribution in [0.25, 0.3) is 0 Å². The van der Waals surface area contributed by atoms with Crippen molar-refractivity contribution in [1.82, 2.24) is 0 Å². The highest BCUT2D eigenvalue weighted by Crippen LogP contribution is 1.92. The van der Waals surface area contributed by atoms with E-state index in [1.807, 2.05) is 27.7 Å².